The van der Waals surface area contributed by atoms with Crippen LogP contribution >= 0.6 is 0 Å². The van der Waals surface area contributed by atoms with Crippen molar-refractivity contribution in [2.45, 2.75) is 38.3 Å². The largest absolute Gasteiger partial charge is 0.490 e. The number of hydrogen-bond acceptors (Lipinski definition) is 2. The molecule has 2 nitrogen and oxygen atoms in total. The van der Waals surface area contributed by atoms with Crippen LogP contribution in [0.25, 0.3) is 0 Å². The van der Waals surface area contributed by atoms with Gasteiger partial charge in [0.05, 0.1) is 6.10 Å². The average Bonchev–Trinajstić information content (AvgIpc) is 3.33. The predicted molar refractivity (Wildman–Crippen MR) is 86.7 cm³/mol. The molecule has 1 fully saturated rings. The smallest absolute Gasteiger partial charge is 0.119 e. The fraction of sp³-hybridized carbons (Fsp3) is 0.368. The average molecular weight is 281 g/mol. The van der Waals surface area contributed by atoms with Gasteiger partial charge in [-0.05, 0) is 49.1 Å². The van der Waals surface area contributed by atoms with Crippen LogP contribution in [-0.2, 0) is 6.42 Å². The predicted octanol–water partition coefficient (Wildman–Crippen LogP) is 4.12. The van der Waals surface area contributed by atoms with E-state index in [0.29, 0.717) is 12.1 Å². The first-order valence-electron chi connectivity index (χ1n) is 7.89. The molecule has 2 aromatic carbocycles. The van der Waals surface area contributed by atoms with Gasteiger partial charge in [-0.1, -0.05) is 49.4 Å². The highest BCUT2D eigenvalue weighted by molar-refractivity contribution is 5.31. The van der Waals surface area contributed by atoms with Gasteiger partial charge in [-0.3, -0.25) is 0 Å². The first kappa shape index (κ1) is 14.2. The molecule has 1 aliphatic carbocycles. The van der Waals surface area contributed by atoms with Crippen molar-refractivity contribution < 1.29 is 4.74 Å². The molecule has 0 aliphatic heterocycles. The Hall–Kier alpha value is -1.80. The first-order valence-corrected chi connectivity index (χ1v) is 7.89. The highest BCUT2D eigenvalue weighted by Crippen LogP contribution is 2.28. The van der Waals surface area contributed by atoms with Crippen molar-refractivity contribution in [3.05, 3.63) is 65.7 Å². The quantitative estimate of drug-likeness (QED) is 0.824. The van der Waals surface area contributed by atoms with Crippen LogP contribution < -0.4 is 10.1 Å². The van der Waals surface area contributed by atoms with Crippen molar-refractivity contribution in [1.29, 1.82) is 0 Å². The van der Waals surface area contributed by atoms with E-state index < -0.39 is 0 Å². The zero-order valence-corrected chi connectivity index (χ0v) is 12.6. The molecule has 1 N–H and O–H groups in total. The van der Waals surface area contributed by atoms with Crippen molar-refractivity contribution in [3.63, 3.8) is 0 Å². The molecule has 21 heavy (non-hydrogen) atoms. The van der Waals surface area contributed by atoms with Gasteiger partial charge in [0.1, 0.15) is 5.75 Å². The summed E-state index contributed by atoms with van der Waals surface area (Å²) in [5.41, 5.74) is 2.69. The van der Waals surface area contributed by atoms with E-state index in [9.17, 15) is 0 Å². The molecule has 0 spiro atoms. The Balaban J connectivity index is 1.70. The number of ether oxygens (including phenoxy) is 1. The van der Waals surface area contributed by atoms with Gasteiger partial charge in [0, 0.05) is 6.04 Å². The minimum absolute atomic E-state index is 0.354. The van der Waals surface area contributed by atoms with Gasteiger partial charge in [-0.15, -0.1) is 0 Å². The molecular formula is C19H23NO. The normalized spacial score (nSPS) is 15.7. The molecule has 0 heterocycles. The van der Waals surface area contributed by atoms with E-state index in [1.165, 1.54) is 24.0 Å². The second-order valence-electron chi connectivity index (χ2n) is 5.69. The van der Waals surface area contributed by atoms with Crippen LogP contribution in [0.1, 0.15) is 36.9 Å². The van der Waals surface area contributed by atoms with E-state index in [1.54, 1.807) is 0 Å². The minimum Gasteiger partial charge on any atom is -0.490 e. The van der Waals surface area contributed by atoms with Gasteiger partial charge in [-0.25, -0.2) is 0 Å². The molecular weight excluding hydrogens is 258 g/mol. The van der Waals surface area contributed by atoms with Crippen LogP contribution in [0, 0.1) is 0 Å². The Morgan fingerprint density at radius 1 is 1.05 bits per heavy atom. The molecule has 0 bridgehead atoms. The van der Waals surface area contributed by atoms with Gasteiger partial charge in [0.25, 0.3) is 0 Å². The maximum atomic E-state index is 5.82. The monoisotopic (exact) mass is 281 g/mol. The van der Waals surface area contributed by atoms with Crippen LogP contribution in [0.5, 0.6) is 5.75 Å². The summed E-state index contributed by atoms with van der Waals surface area (Å²) in [5.74, 6) is 0.996. The molecule has 1 saturated carbocycles. The topological polar surface area (TPSA) is 21.3 Å². The van der Waals surface area contributed by atoms with Crippen LogP contribution in [0.15, 0.2) is 54.6 Å². The van der Waals surface area contributed by atoms with E-state index in [1.807, 2.05) is 0 Å². The van der Waals surface area contributed by atoms with Crippen LogP contribution in [0.2, 0.25) is 0 Å². The van der Waals surface area contributed by atoms with Gasteiger partial charge >= 0.3 is 0 Å². The zero-order chi connectivity index (χ0) is 14.5. The number of hydrogen-bond donors (Lipinski definition) is 1. The number of rotatable bonds is 7. The van der Waals surface area contributed by atoms with E-state index in [-0.39, 0.29) is 0 Å². The number of likely N-dealkylation sites (N-methyl/N-ethyl adjacent to an activating group) is 1. The zero-order valence-electron chi connectivity index (χ0n) is 12.6. The standard InChI is InChI=1S/C19H23NO/c1-2-20-19(14-15-6-4-3-5-7-15)16-8-10-17(11-9-16)21-18-12-13-18/h3-11,18-20H,2,12-14H2,1H3. The maximum absolute atomic E-state index is 5.82. The molecule has 1 unspecified atom stereocenters. The molecule has 2 aromatic rings. The fourth-order valence-corrected chi connectivity index (χ4v) is 2.56. The summed E-state index contributed by atoms with van der Waals surface area (Å²) in [5, 5.41) is 3.58. The number of nitrogens with one attached hydrogen (secondary N) is 1. The third-order valence-corrected chi connectivity index (χ3v) is 3.84. The highest BCUT2D eigenvalue weighted by Gasteiger charge is 2.23. The lowest BCUT2D eigenvalue weighted by atomic mass is 9.99. The first-order chi connectivity index (χ1) is 10.3. The Morgan fingerprint density at radius 3 is 2.38 bits per heavy atom. The van der Waals surface area contributed by atoms with Crippen LogP contribution in [0.4, 0.5) is 0 Å². The van der Waals surface area contributed by atoms with Crippen molar-refractivity contribution in [1.82, 2.24) is 5.32 Å². The molecule has 0 amide bonds. The second kappa shape index (κ2) is 6.77. The second-order valence-corrected chi connectivity index (χ2v) is 5.69. The third-order valence-electron chi connectivity index (χ3n) is 3.84. The molecule has 0 aromatic heterocycles. The lowest BCUT2D eigenvalue weighted by molar-refractivity contribution is 0.303. The van der Waals surface area contributed by atoms with Crippen molar-refractivity contribution >= 4 is 0 Å². The summed E-state index contributed by atoms with van der Waals surface area (Å²) in [6, 6.07) is 19.6. The maximum Gasteiger partial charge on any atom is 0.119 e. The molecule has 1 aliphatic rings. The molecule has 1 atom stereocenters. The summed E-state index contributed by atoms with van der Waals surface area (Å²) < 4.78 is 5.82. The highest BCUT2D eigenvalue weighted by atomic mass is 16.5. The molecule has 110 valence electrons. The minimum atomic E-state index is 0.354. The Morgan fingerprint density at radius 2 is 1.76 bits per heavy atom. The molecule has 0 saturated heterocycles. The van der Waals surface area contributed by atoms with Crippen molar-refractivity contribution in [2.75, 3.05) is 6.54 Å². The van der Waals surface area contributed by atoms with Crippen molar-refractivity contribution in [2.24, 2.45) is 0 Å². The SMILES string of the molecule is CCNC(Cc1ccccc1)c1ccc(OC2CC2)cc1. The third kappa shape index (κ3) is 4.08. The Kier molecular flexibility index (Phi) is 4.56. The lowest BCUT2D eigenvalue weighted by Crippen LogP contribution is -2.22. The lowest BCUT2D eigenvalue weighted by Gasteiger charge is -2.19. The van der Waals surface area contributed by atoms with E-state index in [2.05, 4.69) is 66.8 Å². The summed E-state index contributed by atoms with van der Waals surface area (Å²) >= 11 is 0. The van der Waals surface area contributed by atoms with E-state index >= 15 is 0 Å². The van der Waals surface area contributed by atoms with Gasteiger partial charge in [-0.2, -0.15) is 0 Å². The van der Waals surface area contributed by atoms with Gasteiger partial charge < -0.3 is 10.1 Å². The summed E-state index contributed by atoms with van der Waals surface area (Å²) in [4.78, 5) is 0. The summed E-state index contributed by atoms with van der Waals surface area (Å²) in [6.45, 7) is 3.13. The molecule has 0 radical (unpaired) electrons. The number of benzene rings is 2. The van der Waals surface area contributed by atoms with Gasteiger partial charge in [0.15, 0.2) is 0 Å². The summed E-state index contributed by atoms with van der Waals surface area (Å²) in [7, 11) is 0. The Labute approximate surface area is 127 Å². The van der Waals surface area contributed by atoms with E-state index in [4.69, 9.17) is 4.74 Å². The van der Waals surface area contributed by atoms with Crippen LogP contribution in [-0.4, -0.2) is 12.6 Å². The molecule has 3 rings (SSSR count). The van der Waals surface area contributed by atoms with Crippen LogP contribution in [0.3, 0.4) is 0 Å². The van der Waals surface area contributed by atoms with Crippen molar-refractivity contribution in [3.8, 4) is 5.75 Å². The van der Waals surface area contributed by atoms with Gasteiger partial charge in [0.2, 0.25) is 0 Å². The molecule has 2 heteroatoms. The van der Waals surface area contributed by atoms with E-state index in [0.717, 1.165) is 18.7 Å². The Bertz CT molecular complexity index is 546. The summed E-state index contributed by atoms with van der Waals surface area (Å²) in [6.07, 6.45) is 3.88. The fourth-order valence-electron chi connectivity index (χ4n) is 2.56.